The Morgan fingerprint density at radius 3 is 3.00 bits per heavy atom. The van der Waals surface area contributed by atoms with Gasteiger partial charge in [-0.25, -0.2) is 6.57 Å². The number of rotatable bonds is 2. The molecule has 0 saturated carbocycles. The third-order valence-electron chi connectivity index (χ3n) is 3.30. The highest BCUT2D eigenvalue weighted by Crippen LogP contribution is 2.21. The second-order valence-corrected chi connectivity index (χ2v) is 4.92. The van der Waals surface area contributed by atoms with Gasteiger partial charge in [0.2, 0.25) is 6.04 Å². The van der Waals surface area contributed by atoms with Gasteiger partial charge in [0.25, 0.3) is 5.91 Å². The predicted molar refractivity (Wildman–Crippen MR) is 69.2 cm³/mol. The molecule has 4 nitrogen and oxygen atoms in total. The molecule has 1 aliphatic heterocycles. The Kier molecular flexibility index (Phi) is 3.61. The van der Waals surface area contributed by atoms with Crippen LogP contribution < -0.4 is 0 Å². The first-order valence-electron chi connectivity index (χ1n) is 6.24. The molecule has 1 saturated heterocycles. The van der Waals surface area contributed by atoms with Crippen LogP contribution in [0.3, 0.4) is 0 Å². The molecule has 2 rings (SSSR count). The Morgan fingerprint density at radius 2 is 2.39 bits per heavy atom. The van der Waals surface area contributed by atoms with E-state index < -0.39 is 0 Å². The van der Waals surface area contributed by atoms with Gasteiger partial charge in [-0.2, -0.15) is 0 Å². The molecule has 0 aromatic carbocycles. The number of carbonyl (C=O) groups is 1. The smallest absolute Gasteiger partial charge is 0.273 e. The predicted octanol–water partition coefficient (Wildman–Crippen LogP) is 2.34. The number of aromatic nitrogens is 1. The SMILES string of the molecule is [C-]#[N+]C1CCN(C(=O)c2ncccc2C(C)C)C1. The Hall–Kier alpha value is -1.89. The quantitative estimate of drug-likeness (QED) is 0.748. The summed E-state index contributed by atoms with van der Waals surface area (Å²) in [4.78, 5) is 21.9. The highest BCUT2D eigenvalue weighted by Gasteiger charge is 2.31. The minimum absolute atomic E-state index is 0.0366. The number of hydrogen-bond acceptors (Lipinski definition) is 2. The minimum atomic E-state index is -0.0415. The molecule has 18 heavy (non-hydrogen) atoms. The average molecular weight is 243 g/mol. The van der Waals surface area contributed by atoms with Crippen molar-refractivity contribution in [3.05, 3.63) is 41.0 Å². The van der Waals surface area contributed by atoms with Crippen molar-refractivity contribution < 1.29 is 4.79 Å². The zero-order valence-corrected chi connectivity index (χ0v) is 10.8. The monoisotopic (exact) mass is 243 g/mol. The molecule has 1 fully saturated rings. The van der Waals surface area contributed by atoms with Gasteiger partial charge < -0.3 is 9.74 Å². The zero-order valence-electron chi connectivity index (χ0n) is 10.8. The van der Waals surface area contributed by atoms with Gasteiger partial charge in [0, 0.05) is 19.2 Å². The molecule has 0 N–H and O–H groups in total. The van der Waals surface area contributed by atoms with Crippen LogP contribution in [-0.2, 0) is 0 Å². The van der Waals surface area contributed by atoms with Gasteiger partial charge in [-0.15, -0.1) is 0 Å². The number of pyridine rings is 1. The van der Waals surface area contributed by atoms with Crippen LogP contribution >= 0.6 is 0 Å². The third-order valence-corrected chi connectivity index (χ3v) is 3.30. The van der Waals surface area contributed by atoms with Gasteiger partial charge >= 0.3 is 0 Å². The molecule has 1 atom stereocenters. The summed E-state index contributed by atoms with van der Waals surface area (Å²) < 4.78 is 0. The molecule has 1 aliphatic rings. The van der Waals surface area contributed by atoms with Gasteiger partial charge in [-0.3, -0.25) is 9.78 Å². The van der Waals surface area contributed by atoms with E-state index in [1.807, 2.05) is 12.1 Å². The summed E-state index contributed by atoms with van der Waals surface area (Å²) in [5.41, 5.74) is 1.52. The largest absolute Gasteiger partial charge is 0.329 e. The van der Waals surface area contributed by atoms with E-state index in [0.717, 1.165) is 12.0 Å². The average Bonchev–Trinajstić information content (AvgIpc) is 2.86. The van der Waals surface area contributed by atoms with Crippen molar-refractivity contribution in [3.63, 3.8) is 0 Å². The minimum Gasteiger partial charge on any atom is -0.329 e. The zero-order chi connectivity index (χ0) is 13.1. The van der Waals surface area contributed by atoms with Crippen LogP contribution in [0.4, 0.5) is 0 Å². The van der Waals surface area contributed by atoms with Gasteiger partial charge in [-0.05, 0) is 17.5 Å². The van der Waals surface area contributed by atoms with E-state index in [1.165, 1.54) is 0 Å². The number of nitrogens with zero attached hydrogens (tertiary/aromatic N) is 3. The van der Waals surface area contributed by atoms with E-state index in [4.69, 9.17) is 6.57 Å². The Balaban J connectivity index is 2.22. The standard InChI is InChI=1S/C14H17N3O/c1-10(2)12-5-4-7-16-13(12)14(18)17-8-6-11(9-17)15-3/h4-5,7,10-11H,6,8-9H2,1-2H3. The summed E-state index contributed by atoms with van der Waals surface area (Å²) >= 11 is 0. The summed E-state index contributed by atoms with van der Waals surface area (Å²) in [5, 5.41) is 0. The van der Waals surface area contributed by atoms with Crippen molar-refractivity contribution in [1.29, 1.82) is 0 Å². The van der Waals surface area contributed by atoms with Crippen LogP contribution in [0, 0.1) is 6.57 Å². The third kappa shape index (κ3) is 2.35. The summed E-state index contributed by atoms with van der Waals surface area (Å²) in [6.45, 7) is 12.3. The van der Waals surface area contributed by atoms with Gasteiger partial charge in [0.05, 0.1) is 6.54 Å². The molecule has 0 radical (unpaired) electrons. The molecule has 1 unspecified atom stereocenters. The lowest BCUT2D eigenvalue weighted by atomic mass is 10.0. The highest BCUT2D eigenvalue weighted by atomic mass is 16.2. The van der Waals surface area contributed by atoms with Gasteiger partial charge in [0.1, 0.15) is 5.69 Å². The van der Waals surface area contributed by atoms with Crippen LogP contribution in [-0.4, -0.2) is 34.9 Å². The van der Waals surface area contributed by atoms with E-state index in [0.29, 0.717) is 18.8 Å². The Bertz CT molecular complexity index is 490. The fourth-order valence-corrected chi connectivity index (χ4v) is 2.24. The summed E-state index contributed by atoms with van der Waals surface area (Å²) in [6.07, 6.45) is 2.43. The number of hydrogen-bond donors (Lipinski definition) is 0. The number of likely N-dealkylation sites (tertiary alicyclic amines) is 1. The molecule has 94 valence electrons. The van der Waals surface area contributed by atoms with Crippen molar-refractivity contribution in [2.75, 3.05) is 13.1 Å². The van der Waals surface area contributed by atoms with Crippen LogP contribution in [0.2, 0.25) is 0 Å². The fraction of sp³-hybridized carbons (Fsp3) is 0.500. The first kappa shape index (κ1) is 12.6. The van der Waals surface area contributed by atoms with Crippen LogP contribution in [0.1, 0.15) is 42.2 Å². The van der Waals surface area contributed by atoms with Crippen LogP contribution in [0.5, 0.6) is 0 Å². The summed E-state index contributed by atoms with van der Waals surface area (Å²) in [6, 6.07) is 3.77. The maximum absolute atomic E-state index is 12.4. The second-order valence-electron chi connectivity index (χ2n) is 4.92. The van der Waals surface area contributed by atoms with E-state index in [9.17, 15) is 4.79 Å². The normalized spacial score (nSPS) is 19.0. The van der Waals surface area contributed by atoms with Gasteiger partial charge in [0.15, 0.2) is 0 Å². The molecule has 4 heteroatoms. The molecule has 0 spiro atoms. The molecule has 0 bridgehead atoms. The summed E-state index contributed by atoms with van der Waals surface area (Å²) in [7, 11) is 0. The maximum Gasteiger partial charge on any atom is 0.273 e. The van der Waals surface area contributed by atoms with Crippen molar-refractivity contribution in [2.45, 2.75) is 32.2 Å². The maximum atomic E-state index is 12.4. The highest BCUT2D eigenvalue weighted by molar-refractivity contribution is 5.94. The molecule has 0 aliphatic carbocycles. The lowest BCUT2D eigenvalue weighted by Gasteiger charge is -2.17. The van der Waals surface area contributed by atoms with E-state index >= 15 is 0 Å². The first-order valence-corrected chi connectivity index (χ1v) is 6.24. The van der Waals surface area contributed by atoms with Crippen molar-refractivity contribution in [1.82, 2.24) is 9.88 Å². The lowest BCUT2D eigenvalue weighted by molar-refractivity contribution is 0.0784. The molecule has 1 aromatic rings. The van der Waals surface area contributed by atoms with Crippen LogP contribution in [0.25, 0.3) is 4.85 Å². The van der Waals surface area contributed by atoms with E-state index in [2.05, 4.69) is 23.7 Å². The molecular weight excluding hydrogens is 226 g/mol. The Morgan fingerprint density at radius 1 is 1.61 bits per heavy atom. The molecule has 1 amide bonds. The second kappa shape index (κ2) is 5.18. The molecule has 2 heterocycles. The Labute approximate surface area is 107 Å². The number of amides is 1. The van der Waals surface area contributed by atoms with E-state index in [-0.39, 0.29) is 17.9 Å². The van der Waals surface area contributed by atoms with Crippen LogP contribution in [0.15, 0.2) is 18.3 Å². The van der Waals surface area contributed by atoms with Crippen molar-refractivity contribution in [3.8, 4) is 0 Å². The fourth-order valence-electron chi connectivity index (χ4n) is 2.24. The summed E-state index contributed by atoms with van der Waals surface area (Å²) in [5.74, 6) is 0.238. The van der Waals surface area contributed by atoms with Crippen molar-refractivity contribution in [2.24, 2.45) is 0 Å². The first-order chi connectivity index (χ1) is 8.63. The molecule has 1 aromatic heterocycles. The molecular formula is C14H17N3O. The topological polar surface area (TPSA) is 37.6 Å². The lowest BCUT2D eigenvalue weighted by Crippen LogP contribution is -2.30. The van der Waals surface area contributed by atoms with E-state index in [1.54, 1.807) is 11.1 Å². The van der Waals surface area contributed by atoms with Gasteiger partial charge in [-0.1, -0.05) is 19.9 Å². The van der Waals surface area contributed by atoms with Crippen molar-refractivity contribution >= 4 is 5.91 Å². The number of carbonyl (C=O) groups excluding carboxylic acids is 1.